The molecule has 1 spiro atoms. The number of rotatable bonds is 4. The zero-order valence-corrected chi connectivity index (χ0v) is 24.3. The third-order valence-electron chi connectivity index (χ3n) is 10.1. The molecule has 3 aliphatic heterocycles. The van der Waals surface area contributed by atoms with Crippen molar-refractivity contribution < 1.29 is 14.3 Å². The molecule has 0 radical (unpaired) electrons. The van der Waals surface area contributed by atoms with Crippen LogP contribution in [0.15, 0.2) is 84.9 Å². The molecule has 3 aliphatic rings. The molecule has 7 rings (SSSR count). The third kappa shape index (κ3) is 3.71. The van der Waals surface area contributed by atoms with Gasteiger partial charge in [0.05, 0.1) is 5.56 Å². The number of nitrogens with one attached hydrogen (secondary N) is 1. The fraction of sp³-hybridized carbons (Fsp3) is 0.306. The molecule has 4 atom stereocenters. The monoisotopic (exact) mass is 544 g/mol. The molecule has 4 aromatic rings. The van der Waals surface area contributed by atoms with E-state index in [1.807, 2.05) is 54.6 Å². The van der Waals surface area contributed by atoms with Crippen molar-refractivity contribution in [2.75, 3.05) is 16.8 Å². The minimum absolute atomic E-state index is 0.253. The highest BCUT2D eigenvalue weighted by Gasteiger charge is 2.54. The fourth-order valence-corrected chi connectivity index (χ4v) is 7.09. The second-order valence-corrected chi connectivity index (χ2v) is 12.2. The standard InChI is InChI=1S/C36H36N2O3/c1-6-35(5)21-38(24(4)23(35)3)26-16-17-29-33(19-26)40-32-18-22(2)31(37-25-12-8-7-9-13-25)20-30(32)36(29)28-15-11-10-14-27(28)34(39)41-36/h7-20,23-24,37H,6,21H2,1-5H3. The van der Waals surface area contributed by atoms with E-state index < -0.39 is 5.60 Å². The van der Waals surface area contributed by atoms with E-state index in [0.29, 0.717) is 23.3 Å². The van der Waals surface area contributed by atoms with Crippen molar-refractivity contribution in [3.05, 3.63) is 113 Å². The van der Waals surface area contributed by atoms with Crippen LogP contribution >= 0.6 is 0 Å². The number of nitrogens with zero attached hydrogens (tertiary/aromatic N) is 1. The first-order chi connectivity index (χ1) is 19.7. The molecule has 1 N–H and O–H groups in total. The first kappa shape index (κ1) is 25.7. The maximum absolute atomic E-state index is 13.4. The largest absolute Gasteiger partial charge is 0.456 e. The Hall–Kier alpha value is -4.25. The highest BCUT2D eigenvalue weighted by molar-refractivity contribution is 5.97. The summed E-state index contributed by atoms with van der Waals surface area (Å²) < 4.78 is 13.1. The lowest BCUT2D eigenvalue weighted by atomic mass is 9.77. The van der Waals surface area contributed by atoms with Crippen LogP contribution in [-0.2, 0) is 10.3 Å². The third-order valence-corrected chi connectivity index (χ3v) is 10.1. The highest BCUT2D eigenvalue weighted by Crippen LogP contribution is 2.58. The summed E-state index contributed by atoms with van der Waals surface area (Å²) in [5.41, 5.74) is 6.37. The second-order valence-electron chi connectivity index (χ2n) is 12.2. The second kappa shape index (κ2) is 9.13. The van der Waals surface area contributed by atoms with Gasteiger partial charge in [0.1, 0.15) is 11.5 Å². The Labute approximate surface area is 242 Å². The van der Waals surface area contributed by atoms with Gasteiger partial charge in [0.15, 0.2) is 5.60 Å². The molecule has 4 aromatic carbocycles. The Balaban J connectivity index is 1.40. The molecule has 1 saturated heterocycles. The van der Waals surface area contributed by atoms with Gasteiger partial charge >= 0.3 is 5.97 Å². The summed E-state index contributed by atoms with van der Waals surface area (Å²) in [5, 5.41) is 3.55. The van der Waals surface area contributed by atoms with Crippen LogP contribution in [0, 0.1) is 18.3 Å². The first-order valence-corrected chi connectivity index (χ1v) is 14.6. The van der Waals surface area contributed by atoms with Crippen molar-refractivity contribution in [2.24, 2.45) is 11.3 Å². The van der Waals surface area contributed by atoms with Gasteiger partial charge in [0.2, 0.25) is 0 Å². The Morgan fingerprint density at radius 1 is 0.902 bits per heavy atom. The molecule has 0 amide bonds. The Bertz CT molecular complexity index is 1680. The first-order valence-electron chi connectivity index (χ1n) is 14.6. The summed E-state index contributed by atoms with van der Waals surface area (Å²) in [4.78, 5) is 15.9. The lowest BCUT2D eigenvalue weighted by molar-refractivity contribution is 0.0224. The number of benzene rings is 4. The number of anilines is 3. The van der Waals surface area contributed by atoms with E-state index in [1.54, 1.807) is 0 Å². The molecule has 0 aliphatic carbocycles. The van der Waals surface area contributed by atoms with Gasteiger partial charge in [0.25, 0.3) is 0 Å². The van der Waals surface area contributed by atoms with Crippen molar-refractivity contribution in [1.29, 1.82) is 0 Å². The number of esters is 1. The van der Waals surface area contributed by atoms with E-state index in [1.165, 1.54) is 0 Å². The number of ether oxygens (including phenoxy) is 2. The molecular formula is C36H36N2O3. The molecule has 41 heavy (non-hydrogen) atoms. The van der Waals surface area contributed by atoms with E-state index in [-0.39, 0.29) is 11.4 Å². The topological polar surface area (TPSA) is 50.8 Å². The van der Waals surface area contributed by atoms with Gasteiger partial charge in [-0.25, -0.2) is 4.79 Å². The molecule has 208 valence electrons. The number of carbonyl (C=O) groups excluding carboxylic acids is 1. The van der Waals surface area contributed by atoms with E-state index in [0.717, 1.165) is 58.0 Å². The summed E-state index contributed by atoms with van der Waals surface area (Å²) in [6.45, 7) is 12.4. The van der Waals surface area contributed by atoms with Gasteiger partial charge in [-0.2, -0.15) is 0 Å². The molecule has 1 fully saturated rings. The summed E-state index contributed by atoms with van der Waals surface area (Å²) in [6.07, 6.45) is 1.14. The summed E-state index contributed by atoms with van der Waals surface area (Å²) >= 11 is 0. The van der Waals surface area contributed by atoms with E-state index >= 15 is 0 Å². The Morgan fingerprint density at radius 2 is 1.63 bits per heavy atom. The molecule has 0 aromatic heterocycles. The van der Waals surface area contributed by atoms with Crippen molar-refractivity contribution >= 4 is 23.0 Å². The minimum atomic E-state index is -1.10. The highest BCUT2D eigenvalue weighted by atomic mass is 16.6. The molecule has 0 saturated carbocycles. The summed E-state index contributed by atoms with van der Waals surface area (Å²) in [7, 11) is 0. The van der Waals surface area contributed by atoms with Crippen LogP contribution in [-0.4, -0.2) is 18.6 Å². The van der Waals surface area contributed by atoms with Crippen molar-refractivity contribution in [3.63, 3.8) is 0 Å². The number of fused-ring (bicyclic) bond motifs is 6. The molecule has 5 heteroatoms. The number of hydrogen-bond acceptors (Lipinski definition) is 5. The van der Waals surface area contributed by atoms with Crippen LogP contribution in [0.4, 0.5) is 17.1 Å². The van der Waals surface area contributed by atoms with Crippen molar-refractivity contribution in [2.45, 2.75) is 52.7 Å². The number of para-hydroxylation sites is 1. The van der Waals surface area contributed by atoms with Gasteiger partial charge in [0, 0.05) is 52.4 Å². The van der Waals surface area contributed by atoms with Crippen LogP contribution in [0.25, 0.3) is 0 Å². The summed E-state index contributed by atoms with van der Waals surface area (Å²) in [5.74, 6) is 1.68. The van der Waals surface area contributed by atoms with Crippen LogP contribution in [0.5, 0.6) is 11.5 Å². The number of hydrogen-bond donors (Lipinski definition) is 1. The van der Waals surface area contributed by atoms with E-state index in [2.05, 4.69) is 75.2 Å². The van der Waals surface area contributed by atoms with Gasteiger partial charge in [-0.15, -0.1) is 0 Å². The van der Waals surface area contributed by atoms with Crippen molar-refractivity contribution in [1.82, 2.24) is 0 Å². The number of aryl methyl sites for hydroxylation is 1. The SMILES string of the molecule is CCC1(C)CN(c2ccc3c(c2)Oc2cc(C)c(Nc4ccccc4)cc2C32OC(=O)c3ccccc32)C(C)C1C. The summed E-state index contributed by atoms with van der Waals surface area (Å²) in [6, 6.07) is 28.8. The van der Waals surface area contributed by atoms with Crippen molar-refractivity contribution in [3.8, 4) is 11.5 Å². The molecule has 0 bridgehead atoms. The maximum atomic E-state index is 13.4. The zero-order chi connectivity index (χ0) is 28.5. The normalized spacial score (nSPS) is 25.8. The lowest BCUT2D eigenvalue weighted by Gasteiger charge is -2.38. The molecule has 3 heterocycles. The maximum Gasteiger partial charge on any atom is 0.340 e. The van der Waals surface area contributed by atoms with Crippen LogP contribution < -0.4 is 15.0 Å². The van der Waals surface area contributed by atoms with Gasteiger partial charge < -0.3 is 19.7 Å². The van der Waals surface area contributed by atoms with Gasteiger partial charge in [-0.1, -0.05) is 57.2 Å². The average Bonchev–Trinajstić information content (AvgIpc) is 3.41. The van der Waals surface area contributed by atoms with Gasteiger partial charge in [-0.05, 0) is 79.6 Å². The predicted octanol–water partition coefficient (Wildman–Crippen LogP) is 8.57. The Morgan fingerprint density at radius 3 is 2.39 bits per heavy atom. The predicted molar refractivity (Wildman–Crippen MR) is 164 cm³/mol. The molecule has 5 nitrogen and oxygen atoms in total. The van der Waals surface area contributed by atoms with Crippen LogP contribution in [0.1, 0.15) is 66.7 Å². The minimum Gasteiger partial charge on any atom is -0.456 e. The fourth-order valence-electron chi connectivity index (χ4n) is 7.09. The molecule has 4 unspecified atom stereocenters. The quantitative estimate of drug-likeness (QED) is 0.261. The van der Waals surface area contributed by atoms with Crippen LogP contribution in [0.3, 0.4) is 0 Å². The van der Waals surface area contributed by atoms with E-state index in [9.17, 15) is 4.79 Å². The van der Waals surface area contributed by atoms with Crippen LogP contribution in [0.2, 0.25) is 0 Å². The van der Waals surface area contributed by atoms with Gasteiger partial charge in [-0.3, -0.25) is 0 Å². The molecular weight excluding hydrogens is 508 g/mol. The zero-order valence-electron chi connectivity index (χ0n) is 24.3. The smallest absolute Gasteiger partial charge is 0.340 e. The average molecular weight is 545 g/mol. The Kier molecular flexibility index (Phi) is 5.73. The van der Waals surface area contributed by atoms with E-state index in [4.69, 9.17) is 9.47 Å². The number of carbonyl (C=O) groups is 1. The lowest BCUT2D eigenvalue weighted by Crippen LogP contribution is -2.34.